The first-order chi connectivity index (χ1) is 15.9. The minimum Gasteiger partial charge on any atom is -0.490 e. The highest BCUT2D eigenvalue weighted by Crippen LogP contribution is 2.33. The lowest BCUT2D eigenvalue weighted by molar-refractivity contribution is 0.0940. The molecule has 2 aromatic carbocycles. The number of fused-ring (bicyclic) bond motifs is 1. The molecular weight excluding hydrogens is 447 g/mol. The number of hydrogen-bond acceptors (Lipinski definition) is 5. The summed E-state index contributed by atoms with van der Waals surface area (Å²) in [6, 6.07) is 11.8. The normalized spacial score (nSPS) is 17.6. The van der Waals surface area contributed by atoms with E-state index in [4.69, 9.17) is 21.6 Å². The molecule has 2 N–H and O–H groups in total. The summed E-state index contributed by atoms with van der Waals surface area (Å²) >= 11 is 5.95. The lowest BCUT2D eigenvalue weighted by Gasteiger charge is -2.13. The summed E-state index contributed by atoms with van der Waals surface area (Å²) < 4.78 is 20.1. The molecule has 1 aliphatic carbocycles. The van der Waals surface area contributed by atoms with E-state index < -0.39 is 17.3 Å². The van der Waals surface area contributed by atoms with Gasteiger partial charge in [-0.3, -0.25) is 9.59 Å². The van der Waals surface area contributed by atoms with Crippen molar-refractivity contribution in [2.24, 2.45) is 11.8 Å². The van der Waals surface area contributed by atoms with E-state index >= 15 is 0 Å². The number of hydrogen-bond donors (Lipinski definition) is 2. The summed E-state index contributed by atoms with van der Waals surface area (Å²) in [4.78, 5) is 31.9. The molecule has 0 saturated heterocycles. The summed E-state index contributed by atoms with van der Waals surface area (Å²) in [6.07, 6.45) is 3.29. The number of aromatic amines is 1. The van der Waals surface area contributed by atoms with Crippen LogP contribution in [-0.2, 0) is 6.54 Å². The van der Waals surface area contributed by atoms with Crippen molar-refractivity contribution >= 4 is 28.4 Å². The van der Waals surface area contributed by atoms with Gasteiger partial charge in [0.05, 0.1) is 18.2 Å². The van der Waals surface area contributed by atoms with Crippen LogP contribution in [0.3, 0.4) is 0 Å². The topological polar surface area (TPSA) is 108 Å². The highest BCUT2D eigenvalue weighted by Gasteiger charge is 2.24. The molecule has 0 aliphatic heterocycles. The summed E-state index contributed by atoms with van der Waals surface area (Å²) in [5.74, 6) is -1.19. The van der Waals surface area contributed by atoms with Crippen molar-refractivity contribution in [3.05, 3.63) is 69.0 Å². The fraction of sp³-hybridized carbons (Fsp3) is 0.333. The number of carbonyl (C=O) groups excluding carboxylic acids is 1. The van der Waals surface area contributed by atoms with Crippen molar-refractivity contribution in [3.63, 3.8) is 0 Å². The summed E-state index contributed by atoms with van der Waals surface area (Å²) in [6.45, 7) is 0.424. The predicted octanol–water partition coefficient (Wildman–Crippen LogP) is 4.35. The number of halogens is 2. The lowest BCUT2D eigenvalue weighted by Crippen LogP contribution is -2.27. The summed E-state index contributed by atoms with van der Waals surface area (Å²) in [7, 11) is 0. The molecule has 1 fully saturated rings. The van der Waals surface area contributed by atoms with Gasteiger partial charge in [0, 0.05) is 17.5 Å². The van der Waals surface area contributed by atoms with Gasteiger partial charge in [-0.25, -0.2) is 9.37 Å². The highest BCUT2D eigenvalue weighted by molar-refractivity contribution is 6.30. The van der Waals surface area contributed by atoms with Gasteiger partial charge in [-0.2, -0.15) is 5.26 Å². The molecule has 33 heavy (non-hydrogen) atoms. The van der Waals surface area contributed by atoms with Crippen molar-refractivity contribution in [1.82, 2.24) is 15.3 Å². The zero-order chi connectivity index (χ0) is 23.4. The van der Waals surface area contributed by atoms with E-state index in [9.17, 15) is 14.0 Å². The number of rotatable bonds is 7. The fourth-order valence-corrected chi connectivity index (χ4v) is 4.33. The summed E-state index contributed by atoms with van der Waals surface area (Å²) in [5, 5.41) is 12.2. The Labute approximate surface area is 194 Å². The van der Waals surface area contributed by atoms with Gasteiger partial charge < -0.3 is 15.0 Å². The van der Waals surface area contributed by atoms with Gasteiger partial charge in [0.2, 0.25) is 0 Å². The van der Waals surface area contributed by atoms with E-state index in [1.54, 1.807) is 24.3 Å². The molecule has 170 valence electrons. The smallest absolute Gasteiger partial charge is 0.287 e. The lowest BCUT2D eigenvalue weighted by atomic mass is 10.0. The number of nitrogens with zero attached hydrogens (tertiary/aromatic N) is 2. The third-order valence-electron chi connectivity index (χ3n) is 5.83. The van der Waals surface area contributed by atoms with E-state index in [0.29, 0.717) is 17.4 Å². The van der Waals surface area contributed by atoms with Gasteiger partial charge in [-0.1, -0.05) is 23.7 Å². The minimum atomic E-state index is -0.672. The van der Waals surface area contributed by atoms with Crippen molar-refractivity contribution in [2.75, 3.05) is 6.61 Å². The van der Waals surface area contributed by atoms with Crippen molar-refractivity contribution in [1.29, 1.82) is 5.26 Å². The number of ether oxygens (including phenoxy) is 1. The molecule has 7 nitrogen and oxygen atoms in total. The van der Waals surface area contributed by atoms with Crippen LogP contribution in [0.4, 0.5) is 4.39 Å². The Morgan fingerprint density at radius 1 is 1.33 bits per heavy atom. The first-order valence-corrected chi connectivity index (χ1v) is 11.1. The first kappa shape index (κ1) is 22.7. The molecule has 4 rings (SSSR count). The maximum absolute atomic E-state index is 14.5. The predicted molar refractivity (Wildman–Crippen MR) is 121 cm³/mol. The Hall–Kier alpha value is -3.44. The molecule has 1 aliphatic rings. The fourth-order valence-electron chi connectivity index (χ4n) is 4.12. The molecule has 1 saturated carbocycles. The zero-order valence-electron chi connectivity index (χ0n) is 17.7. The number of nitriles is 1. The maximum Gasteiger partial charge on any atom is 0.287 e. The second-order valence-corrected chi connectivity index (χ2v) is 8.58. The quantitative estimate of drug-likeness (QED) is 0.535. The molecule has 0 spiro atoms. The van der Waals surface area contributed by atoms with Crippen molar-refractivity contribution < 1.29 is 13.9 Å². The van der Waals surface area contributed by atoms with Crippen LogP contribution in [0.2, 0.25) is 5.02 Å². The largest absolute Gasteiger partial charge is 0.490 e. The SMILES string of the molecule is N#CC1CCC(CCOc2c(F)ccc3nc(C(=O)NCc4cccc(Cl)c4)[nH]c(=O)c23)C1. The molecule has 2 unspecified atom stereocenters. The number of aromatic nitrogens is 2. The van der Waals surface area contributed by atoms with E-state index in [1.165, 1.54) is 12.1 Å². The highest BCUT2D eigenvalue weighted by atomic mass is 35.5. The Morgan fingerprint density at radius 2 is 2.18 bits per heavy atom. The van der Waals surface area contributed by atoms with Gasteiger partial charge in [0.25, 0.3) is 11.5 Å². The molecule has 1 heterocycles. The Bertz CT molecular complexity index is 1290. The van der Waals surface area contributed by atoms with Crippen LogP contribution in [0, 0.1) is 29.0 Å². The Morgan fingerprint density at radius 3 is 2.94 bits per heavy atom. The number of amides is 1. The molecule has 9 heteroatoms. The molecule has 1 amide bonds. The molecule has 2 atom stereocenters. The van der Waals surface area contributed by atoms with Gasteiger partial charge >= 0.3 is 0 Å². The molecular formula is C24H22ClFN4O3. The Kier molecular flexibility index (Phi) is 6.90. The standard InChI is InChI=1S/C24H22ClFN4O3/c25-17-3-1-2-16(11-17)13-28-24(32)22-29-19-7-6-18(26)21(20(19)23(31)30-22)33-9-8-14-4-5-15(10-14)12-27/h1-3,6-7,11,14-15H,4-5,8-10,13H2,(H,28,32)(H,29,30,31). The third kappa shape index (κ3) is 5.32. The van der Waals surface area contributed by atoms with Gasteiger partial charge in [0.15, 0.2) is 17.4 Å². The number of carbonyl (C=O) groups is 1. The van der Waals surface area contributed by atoms with Gasteiger partial charge in [0.1, 0.15) is 5.39 Å². The number of H-pyrrole nitrogens is 1. The maximum atomic E-state index is 14.5. The number of benzene rings is 2. The monoisotopic (exact) mass is 468 g/mol. The minimum absolute atomic E-state index is 0.0392. The second kappa shape index (κ2) is 10.0. The number of nitrogens with one attached hydrogen (secondary N) is 2. The van der Waals surface area contributed by atoms with Crippen LogP contribution >= 0.6 is 11.6 Å². The Balaban J connectivity index is 1.48. The summed E-state index contributed by atoms with van der Waals surface area (Å²) in [5.41, 5.74) is 0.293. The van der Waals surface area contributed by atoms with Crippen molar-refractivity contribution in [2.45, 2.75) is 32.2 Å². The molecule has 1 aromatic heterocycles. The average Bonchev–Trinajstić information content (AvgIpc) is 3.27. The van der Waals surface area contributed by atoms with E-state index in [0.717, 1.165) is 24.8 Å². The van der Waals surface area contributed by atoms with Crippen LogP contribution in [0.5, 0.6) is 5.75 Å². The average molecular weight is 469 g/mol. The van der Waals surface area contributed by atoms with Crippen LogP contribution in [0.1, 0.15) is 41.9 Å². The van der Waals surface area contributed by atoms with Crippen LogP contribution in [-0.4, -0.2) is 22.5 Å². The van der Waals surface area contributed by atoms with Crippen LogP contribution in [0.15, 0.2) is 41.2 Å². The van der Waals surface area contributed by atoms with Gasteiger partial charge in [-0.15, -0.1) is 0 Å². The van der Waals surface area contributed by atoms with E-state index in [2.05, 4.69) is 21.4 Å². The zero-order valence-corrected chi connectivity index (χ0v) is 18.5. The molecule has 0 radical (unpaired) electrons. The van der Waals surface area contributed by atoms with Crippen molar-refractivity contribution in [3.8, 4) is 11.8 Å². The molecule has 3 aromatic rings. The second-order valence-electron chi connectivity index (χ2n) is 8.14. The van der Waals surface area contributed by atoms with Gasteiger partial charge in [-0.05, 0) is 61.4 Å². The van der Waals surface area contributed by atoms with Crippen LogP contribution < -0.4 is 15.6 Å². The third-order valence-corrected chi connectivity index (χ3v) is 6.07. The first-order valence-electron chi connectivity index (χ1n) is 10.7. The molecule has 0 bridgehead atoms. The van der Waals surface area contributed by atoms with E-state index in [-0.39, 0.29) is 41.5 Å². The van der Waals surface area contributed by atoms with Crippen LogP contribution in [0.25, 0.3) is 10.9 Å². The van der Waals surface area contributed by atoms with E-state index in [1.807, 2.05) is 0 Å².